The lowest BCUT2D eigenvalue weighted by molar-refractivity contribution is 0.0298. The Kier molecular flexibility index (Phi) is 5.03. The zero-order valence-electron chi connectivity index (χ0n) is 16.6. The maximum Gasteiger partial charge on any atom is 0.274 e. The summed E-state index contributed by atoms with van der Waals surface area (Å²) in [4.78, 5) is 19.7. The first-order valence-corrected chi connectivity index (χ1v) is 11.6. The van der Waals surface area contributed by atoms with Crippen LogP contribution in [-0.2, 0) is 17.1 Å². The summed E-state index contributed by atoms with van der Waals surface area (Å²) in [6.07, 6.45) is 1.58. The fraction of sp³-hybridized carbons (Fsp3) is 0.286. The number of rotatable bonds is 3. The number of ether oxygens (including phenoxy) is 1. The van der Waals surface area contributed by atoms with Gasteiger partial charge in [-0.3, -0.25) is 18.9 Å². The monoisotopic (exact) mass is 442 g/mol. The SMILES string of the molecule is O=C(c1nn(-c2ccc(CO)nc2)c2c1CS(O)(O)c1ccccc1-2)N1CCOCC1. The third kappa shape index (κ3) is 3.42. The first kappa shape index (κ1) is 20.2. The second kappa shape index (κ2) is 7.74. The number of hydrogen-bond donors (Lipinski definition) is 3. The third-order valence-electron chi connectivity index (χ3n) is 5.54. The molecule has 5 rings (SSSR count). The molecule has 2 aliphatic heterocycles. The van der Waals surface area contributed by atoms with Gasteiger partial charge in [0.1, 0.15) is 0 Å². The minimum atomic E-state index is -3.12. The lowest BCUT2D eigenvalue weighted by Crippen LogP contribution is -2.41. The third-order valence-corrected chi connectivity index (χ3v) is 7.29. The van der Waals surface area contributed by atoms with Crippen molar-refractivity contribution >= 4 is 16.5 Å². The largest absolute Gasteiger partial charge is 0.390 e. The van der Waals surface area contributed by atoms with Crippen LogP contribution < -0.4 is 0 Å². The standard InChI is InChI=1S/C21H22N4O5S/c26-12-14-5-6-15(11-22-14)25-20-16-3-1-2-4-18(16)31(28,29)13-17(20)19(23-25)21(27)24-7-9-30-10-8-24/h1-6,11,26,28-29H,7-10,12-13H2. The molecule has 0 atom stereocenters. The van der Waals surface area contributed by atoms with E-state index in [0.29, 0.717) is 59.4 Å². The molecule has 10 heteroatoms. The van der Waals surface area contributed by atoms with Crippen LogP contribution in [-0.4, -0.2) is 66.1 Å². The van der Waals surface area contributed by atoms with Crippen LogP contribution in [0.1, 0.15) is 21.7 Å². The molecule has 0 bridgehead atoms. The van der Waals surface area contributed by atoms with Crippen molar-refractivity contribution in [1.82, 2.24) is 19.7 Å². The van der Waals surface area contributed by atoms with Crippen molar-refractivity contribution in [2.45, 2.75) is 17.3 Å². The molecule has 0 aliphatic carbocycles. The fourth-order valence-corrected chi connectivity index (χ4v) is 5.65. The predicted octanol–water partition coefficient (Wildman–Crippen LogP) is 2.52. The number of fused-ring (bicyclic) bond motifs is 3. The molecule has 2 aliphatic rings. The highest BCUT2D eigenvalue weighted by molar-refractivity contribution is 8.23. The van der Waals surface area contributed by atoms with E-state index < -0.39 is 10.6 Å². The molecule has 4 heterocycles. The van der Waals surface area contributed by atoms with Crippen LogP contribution in [0.2, 0.25) is 0 Å². The van der Waals surface area contributed by atoms with Gasteiger partial charge in [-0.1, -0.05) is 18.2 Å². The van der Waals surface area contributed by atoms with Crippen LogP contribution in [0.5, 0.6) is 0 Å². The molecular formula is C21H22N4O5S. The smallest absolute Gasteiger partial charge is 0.274 e. The molecule has 0 spiro atoms. The van der Waals surface area contributed by atoms with E-state index >= 15 is 0 Å². The summed E-state index contributed by atoms with van der Waals surface area (Å²) >= 11 is 0. The summed E-state index contributed by atoms with van der Waals surface area (Å²) in [7, 11) is -3.12. The van der Waals surface area contributed by atoms with E-state index in [0.717, 1.165) is 0 Å². The van der Waals surface area contributed by atoms with Gasteiger partial charge in [-0.25, -0.2) is 4.68 Å². The number of carbonyl (C=O) groups excluding carboxylic acids is 1. The Morgan fingerprint density at radius 3 is 2.61 bits per heavy atom. The van der Waals surface area contributed by atoms with E-state index in [1.165, 1.54) is 0 Å². The first-order chi connectivity index (χ1) is 15.0. The van der Waals surface area contributed by atoms with Crippen LogP contribution in [0, 0.1) is 0 Å². The molecule has 0 unspecified atom stereocenters. The van der Waals surface area contributed by atoms with Crippen LogP contribution >= 0.6 is 10.6 Å². The molecule has 1 saturated heterocycles. The highest BCUT2D eigenvalue weighted by Crippen LogP contribution is 2.59. The molecule has 31 heavy (non-hydrogen) atoms. The number of aromatic nitrogens is 3. The van der Waals surface area contributed by atoms with Gasteiger partial charge in [-0.2, -0.15) is 15.7 Å². The number of hydrogen-bond acceptors (Lipinski definition) is 7. The van der Waals surface area contributed by atoms with Crippen LogP contribution in [0.25, 0.3) is 16.9 Å². The van der Waals surface area contributed by atoms with Gasteiger partial charge in [0.25, 0.3) is 5.91 Å². The summed E-state index contributed by atoms with van der Waals surface area (Å²) < 4.78 is 28.7. The van der Waals surface area contributed by atoms with E-state index in [1.54, 1.807) is 46.1 Å². The minimum Gasteiger partial charge on any atom is -0.390 e. The number of pyridine rings is 1. The number of aliphatic hydroxyl groups excluding tert-OH is 1. The van der Waals surface area contributed by atoms with Crippen molar-refractivity contribution < 1.29 is 23.7 Å². The number of aliphatic hydroxyl groups is 1. The van der Waals surface area contributed by atoms with Gasteiger partial charge in [0.05, 0.1) is 53.7 Å². The Morgan fingerprint density at radius 1 is 1.13 bits per heavy atom. The normalized spacial score (nSPS) is 18.2. The van der Waals surface area contributed by atoms with E-state index in [1.807, 2.05) is 6.07 Å². The zero-order chi connectivity index (χ0) is 21.6. The van der Waals surface area contributed by atoms with Crippen LogP contribution in [0.15, 0.2) is 47.5 Å². The average molecular weight is 442 g/mol. The van der Waals surface area contributed by atoms with Gasteiger partial charge >= 0.3 is 0 Å². The van der Waals surface area contributed by atoms with E-state index in [2.05, 4.69) is 10.1 Å². The van der Waals surface area contributed by atoms with Gasteiger partial charge in [0, 0.05) is 24.2 Å². The molecule has 1 fully saturated rings. The van der Waals surface area contributed by atoms with Crippen molar-refractivity contribution in [3.05, 3.63) is 59.5 Å². The number of benzene rings is 1. The zero-order valence-corrected chi connectivity index (χ0v) is 17.5. The molecular weight excluding hydrogens is 420 g/mol. The van der Waals surface area contributed by atoms with Gasteiger partial charge < -0.3 is 14.7 Å². The summed E-state index contributed by atoms with van der Waals surface area (Å²) in [5, 5.41) is 13.9. The number of amides is 1. The van der Waals surface area contributed by atoms with E-state index in [-0.39, 0.29) is 24.0 Å². The summed E-state index contributed by atoms with van der Waals surface area (Å²) in [6.45, 7) is 1.65. The summed E-state index contributed by atoms with van der Waals surface area (Å²) in [5.74, 6) is -0.333. The number of nitrogens with zero attached hydrogens (tertiary/aromatic N) is 4. The van der Waals surface area contributed by atoms with Gasteiger partial charge in [-0.15, -0.1) is 0 Å². The molecule has 3 N–H and O–H groups in total. The lowest BCUT2D eigenvalue weighted by atomic mass is 10.0. The number of carbonyl (C=O) groups is 1. The molecule has 162 valence electrons. The molecule has 3 aromatic rings. The predicted molar refractivity (Wildman–Crippen MR) is 114 cm³/mol. The van der Waals surface area contributed by atoms with Crippen molar-refractivity contribution in [3.63, 3.8) is 0 Å². The highest BCUT2D eigenvalue weighted by Gasteiger charge is 2.37. The van der Waals surface area contributed by atoms with Gasteiger partial charge in [-0.05, 0) is 18.2 Å². The Morgan fingerprint density at radius 2 is 1.90 bits per heavy atom. The first-order valence-electron chi connectivity index (χ1n) is 9.90. The van der Waals surface area contributed by atoms with Crippen LogP contribution in [0.4, 0.5) is 0 Å². The second-order valence-corrected chi connectivity index (χ2v) is 9.53. The summed E-state index contributed by atoms with van der Waals surface area (Å²) in [5.41, 5.74) is 3.13. The molecule has 0 radical (unpaired) electrons. The average Bonchev–Trinajstić information content (AvgIpc) is 3.18. The Bertz CT molecular complexity index is 1140. The Hall–Kier alpha value is -2.76. The quantitative estimate of drug-likeness (QED) is 0.570. The second-order valence-electron chi connectivity index (χ2n) is 7.47. The van der Waals surface area contributed by atoms with E-state index in [9.17, 15) is 19.0 Å². The topological polar surface area (TPSA) is 121 Å². The minimum absolute atomic E-state index is 0.0765. The van der Waals surface area contributed by atoms with Crippen molar-refractivity contribution in [3.8, 4) is 16.9 Å². The molecule has 1 aromatic carbocycles. The van der Waals surface area contributed by atoms with E-state index in [4.69, 9.17) is 4.74 Å². The Balaban J connectivity index is 1.71. The number of morpholine rings is 1. The summed E-state index contributed by atoms with van der Waals surface area (Å²) in [6, 6.07) is 10.5. The molecule has 0 saturated carbocycles. The lowest BCUT2D eigenvalue weighted by Gasteiger charge is -2.38. The van der Waals surface area contributed by atoms with Crippen LogP contribution in [0.3, 0.4) is 0 Å². The highest BCUT2D eigenvalue weighted by atomic mass is 32.3. The van der Waals surface area contributed by atoms with Gasteiger partial charge in [0.15, 0.2) is 5.69 Å². The molecule has 9 nitrogen and oxygen atoms in total. The van der Waals surface area contributed by atoms with Crippen molar-refractivity contribution in [1.29, 1.82) is 0 Å². The maximum atomic E-state index is 13.3. The van der Waals surface area contributed by atoms with Crippen molar-refractivity contribution in [2.24, 2.45) is 0 Å². The van der Waals surface area contributed by atoms with Gasteiger partial charge in [0.2, 0.25) is 0 Å². The fourth-order valence-electron chi connectivity index (χ4n) is 4.00. The molecule has 2 aromatic heterocycles. The Labute approximate surface area is 180 Å². The molecule has 1 amide bonds. The maximum absolute atomic E-state index is 13.3. The van der Waals surface area contributed by atoms with Crippen molar-refractivity contribution in [2.75, 3.05) is 26.3 Å².